The second-order valence-corrected chi connectivity index (χ2v) is 8.72. The standard InChI is InChI=1S/C20H18F4N4O3S/c1-27(2)18-12-17(20(22,23)24)25-19(26-18)31-14-10-8-13(9-11-14)28(3)32(29,30)16-7-5-4-6-15(16)21/h4-12H,1-3H3. The Morgan fingerprint density at radius 2 is 1.56 bits per heavy atom. The Hall–Kier alpha value is -3.41. The first kappa shape index (κ1) is 23.3. The summed E-state index contributed by atoms with van der Waals surface area (Å²) in [5.41, 5.74) is -0.988. The van der Waals surface area contributed by atoms with Crippen molar-refractivity contribution in [1.29, 1.82) is 0 Å². The number of alkyl halides is 3. The van der Waals surface area contributed by atoms with E-state index in [1.807, 2.05) is 0 Å². The van der Waals surface area contributed by atoms with Crippen LogP contribution in [0.5, 0.6) is 11.8 Å². The molecule has 0 aliphatic rings. The summed E-state index contributed by atoms with van der Waals surface area (Å²) in [6, 6.07) is 10.6. The number of nitrogens with zero attached hydrogens (tertiary/aromatic N) is 4. The molecule has 0 unspecified atom stereocenters. The molecule has 0 aliphatic heterocycles. The van der Waals surface area contributed by atoms with Gasteiger partial charge in [-0.1, -0.05) is 12.1 Å². The van der Waals surface area contributed by atoms with Crippen LogP contribution in [0.25, 0.3) is 0 Å². The lowest BCUT2D eigenvalue weighted by Crippen LogP contribution is -2.27. The quantitative estimate of drug-likeness (QED) is 0.500. The van der Waals surface area contributed by atoms with Crippen LogP contribution >= 0.6 is 0 Å². The Balaban J connectivity index is 1.87. The minimum absolute atomic E-state index is 0.00494. The van der Waals surface area contributed by atoms with E-state index in [-0.39, 0.29) is 17.3 Å². The van der Waals surface area contributed by atoms with Crippen LogP contribution in [0.3, 0.4) is 0 Å². The Labute approximate surface area is 182 Å². The maximum atomic E-state index is 14.0. The monoisotopic (exact) mass is 470 g/mol. The third kappa shape index (κ3) is 4.90. The number of halogens is 4. The molecule has 0 spiro atoms. The first-order valence-electron chi connectivity index (χ1n) is 9.04. The molecule has 170 valence electrons. The van der Waals surface area contributed by atoms with E-state index in [0.717, 1.165) is 22.5 Å². The molecule has 0 radical (unpaired) electrons. The van der Waals surface area contributed by atoms with E-state index in [4.69, 9.17) is 4.74 Å². The minimum Gasteiger partial charge on any atom is -0.424 e. The predicted octanol–water partition coefficient (Wildman–Crippen LogP) is 4.32. The molecule has 0 atom stereocenters. The lowest BCUT2D eigenvalue weighted by molar-refractivity contribution is -0.141. The molecule has 0 aliphatic carbocycles. The molecule has 7 nitrogen and oxygen atoms in total. The Bertz CT molecular complexity index is 1220. The number of ether oxygens (including phenoxy) is 1. The number of benzene rings is 2. The van der Waals surface area contributed by atoms with Gasteiger partial charge in [-0.3, -0.25) is 4.31 Å². The summed E-state index contributed by atoms with van der Waals surface area (Å²) in [6.45, 7) is 0. The number of aromatic nitrogens is 2. The van der Waals surface area contributed by atoms with Crippen LogP contribution < -0.4 is 13.9 Å². The Morgan fingerprint density at radius 1 is 0.938 bits per heavy atom. The SMILES string of the molecule is CN(C)c1cc(C(F)(F)F)nc(Oc2ccc(N(C)S(=O)(=O)c3ccccc3F)cc2)n1. The first-order valence-corrected chi connectivity index (χ1v) is 10.5. The number of hydrogen-bond donors (Lipinski definition) is 0. The van der Waals surface area contributed by atoms with Crippen molar-refractivity contribution < 1.29 is 30.7 Å². The summed E-state index contributed by atoms with van der Waals surface area (Å²) < 4.78 is 84.9. The molecule has 3 aromatic rings. The summed E-state index contributed by atoms with van der Waals surface area (Å²) >= 11 is 0. The van der Waals surface area contributed by atoms with E-state index in [1.54, 1.807) is 0 Å². The van der Waals surface area contributed by atoms with E-state index in [9.17, 15) is 26.0 Å². The lowest BCUT2D eigenvalue weighted by Gasteiger charge is -2.20. The van der Waals surface area contributed by atoms with Gasteiger partial charge in [-0.25, -0.2) is 12.8 Å². The topological polar surface area (TPSA) is 75.6 Å². The van der Waals surface area contributed by atoms with Gasteiger partial charge in [0.15, 0.2) is 5.69 Å². The smallest absolute Gasteiger partial charge is 0.424 e. The van der Waals surface area contributed by atoms with Gasteiger partial charge < -0.3 is 9.64 Å². The highest BCUT2D eigenvalue weighted by molar-refractivity contribution is 7.92. The molecular formula is C20H18F4N4O3S. The zero-order valence-electron chi connectivity index (χ0n) is 17.1. The van der Waals surface area contributed by atoms with Crippen LogP contribution in [-0.2, 0) is 16.2 Å². The average molecular weight is 470 g/mol. The van der Waals surface area contributed by atoms with Gasteiger partial charge in [0.2, 0.25) is 0 Å². The third-order valence-corrected chi connectivity index (χ3v) is 6.14. The highest BCUT2D eigenvalue weighted by Gasteiger charge is 2.34. The van der Waals surface area contributed by atoms with Crippen molar-refractivity contribution in [3.05, 3.63) is 66.1 Å². The number of hydrogen-bond acceptors (Lipinski definition) is 6. The van der Waals surface area contributed by atoms with Crippen molar-refractivity contribution in [2.24, 2.45) is 0 Å². The molecule has 0 amide bonds. The van der Waals surface area contributed by atoms with Gasteiger partial charge in [0, 0.05) is 27.2 Å². The van der Waals surface area contributed by atoms with E-state index in [2.05, 4.69) is 9.97 Å². The van der Waals surface area contributed by atoms with Crippen molar-refractivity contribution in [2.45, 2.75) is 11.1 Å². The van der Waals surface area contributed by atoms with Crippen molar-refractivity contribution in [1.82, 2.24) is 9.97 Å². The summed E-state index contributed by atoms with van der Waals surface area (Å²) in [6.07, 6.45) is -4.69. The van der Waals surface area contributed by atoms with E-state index >= 15 is 0 Å². The highest BCUT2D eigenvalue weighted by atomic mass is 32.2. The molecule has 0 bridgehead atoms. The van der Waals surface area contributed by atoms with Gasteiger partial charge in [0.05, 0.1) is 5.69 Å². The maximum absolute atomic E-state index is 14.0. The molecule has 3 rings (SSSR count). The van der Waals surface area contributed by atoms with Crippen LogP contribution in [-0.4, -0.2) is 39.5 Å². The number of rotatable bonds is 6. The van der Waals surface area contributed by atoms with E-state index < -0.39 is 38.6 Å². The van der Waals surface area contributed by atoms with Gasteiger partial charge >= 0.3 is 12.2 Å². The van der Waals surface area contributed by atoms with Crippen molar-refractivity contribution in [3.63, 3.8) is 0 Å². The fraction of sp³-hybridized carbons (Fsp3) is 0.200. The summed E-state index contributed by atoms with van der Waals surface area (Å²) in [4.78, 5) is 8.21. The second-order valence-electron chi connectivity index (χ2n) is 6.79. The van der Waals surface area contributed by atoms with Gasteiger partial charge in [0.25, 0.3) is 10.0 Å². The minimum atomic E-state index is -4.69. The first-order chi connectivity index (χ1) is 14.9. The fourth-order valence-electron chi connectivity index (χ4n) is 2.60. The van der Waals surface area contributed by atoms with Crippen LogP contribution in [0.1, 0.15) is 5.69 Å². The molecular weight excluding hydrogens is 452 g/mol. The second kappa shape index (κ2) is 8.61. The summed E-state index contributed by atoms with van der Waals surface area (Å²) in [7, 11) is 0.119. The number of anilines is 2. The molecule has 0 saturated carbocycles. The zero-order chi connectivity index (χ0) is 23.7. The largest absolute Gasteiger partial charge is 0.433 e. The molecule has 2 aromatic carbocycles. The van der Waals surface area contributed by atoms with Crippen molar-refractivity contribution in [3.8, 4) is 11.8 Å². The van der Waals surface area contributed by atoms with E-state index in [0.29, 0.717) is 0 Å². The predicted molar refractivity (Wildman–Crippen MR) is 110 cm³/mol. The summed E-state index contributed by atoms with van der Waals surface area (Å²) in [5.74, 6) is -0.818. The fourth-order valence-corrected chi connectivity index (χ4v) is 3.86. The van der Waals surface area contributed by atoms with Crippen LogP contribution in [0, 0.1) is 5.82 Å². The molecule has 1 aromatic heterocycles. The Kier molecular flexibility index (Phi) is 6.26. The normalized spacial score (nSPS) is 11.8. The summed E-state index contributed by atoms with van der Waals surface area (Å²) in [5, 5.41) is 0. The lowest BCUT2D eigenvalue weighted by atomic mass is 10.3. The van der Waals surface area contributed by atoms with Crippen LogP contribution in [0.4, 0.5) is 29.1 Å². The molecule has 1 heterocycles. The van der Waals surface area contributed by atoms with E-state index in [1.165, 1.54) is 62.4 Å². The van der Waals surface area contributed by atoms with Crippen molar-refractivity contribution >= 4 is 21.5 Å². The molecule has 32 heavy (non-hydrogen) atoms. The number of sulfonamides is 1. The van der Waals surface area contributed by atoms with Gasteiger partial charge in [-0.2, -0.15) is 23.1 Å². The average Bonchev–Trinajstić information content (AvgIpc) is 2.73. The van der Waals surface area contributed by atoms with Gasteiger partial charge in [-0.15, -0.1) is 0 Å². The third-order valence-electron chi connectivity index (χ3n) is 4.33. The highest BCUT2D eigenvalue weighted by Crippen LogP contribution is 2.32. The maximum Gasteiger partial charge on any atom is 0.433 e. The van der Waals surface area contributed by atoms with Gasteiger partial charge in [-0.05, 0) is 36.4 Å². The zero-order valence-corrected chi connectivity index (χ0v) is 17.9. The van der Waals surface area contributed by atoms with Crippen molar-refractivity contribution in [2.75, 3.05) is 30.3 Å². The van der Waals surface area contributed by atoms with Gasteiger partial charge in [0.1, 0.15) is 22.3 Å². The molecule has 12 heteroatoms. The molecule has 0 saturated heterocycles. The Morgan fingerprint density at radius 3 is 2.12 bits per heavy atom. The van der Waals surface area contributed by atoms with Crippen LogP contribution in [0.15, 0.2) is 59.5 Å². The molecule has 0 fully saturated rings. The van der Waals surface area contributed by atoms with Crippen LogP contribution in [0.2, 0.25) is 0 Å². The molecule has 0 N–H and O–H groups in total.